The summed E-state index contributed by atoms with van der Waals surface area (Å²) >= 11 is 3.33. The number of alkyl halides is 2. The van der Waals surface area contributed by atoms with Crippen molar-refractivity contribution in [2.45, 2.75) is 26.1 Å². The van der Waals surface area contributed by atoms with Crippen LogP contribution in [0, 0.1) is 0 Å². The first kappa shape index (κ1) is 15.9. The molecular formula is C15H15BrF2N2O. The summed E-state index contributed by atoms with van der Waals surface area (Å²) in [6, 6.07) is 10.6. The van der Waals surface area contributed by atoms with E-state index in [0.717, 1.165) is 10.2 Å². The number of rotatable bonds is 6. The predicted molar refractivity (Wildman–Crippen MR) is 80.3 cm³/mol. The summed E-state index contributed by atoms with van der Waals surface area (Å²) in [5, 5.41) is 3.25. The average molecular weight is 357 g/mol. The summed E-state index contributed by atoms with van der Waals surface area (Å²) < 4.78 is 30.1. The van der Waals surface area contributed by atoms with E-state index >= 15 is 0 Å². The largest absolute Gasteiger partial charge is 0.434 e. The molecule has 0 bridgehead atoms. The normalized spacial score (nSPS) is 12.4. The van der Waals surface area contributed by atoms with E-state index in [-0.39, 0.29) is 11.8 Å². The predicted octanol–water partition coefficient (Wildman–Crippen LogP) is 4.30. The molecule has 2 rings (SSSR count). The third-order valence-electron chi connectivity index (χ3n) is 2.97. The van der Waals surface area contributed by atoms with Gasteiger partial charge in [0.1, 0.15) is 5.75 Å². The highest BCUT2D eigenvalue weighted by molar-refractivity contribution is 9.10. The van der Waals surface area contributed by atoms with Gasteiger partial charge < -0.3 is 10.1 Å². The van der Waals surface area contributed by atoms with Gasteiger partial charge >= 0.3 is 6.61 Å². The molecule has 0 aliphatic rings. The fraction of sp³-hybridized carbons (Fsp3) is 0.267. The van der Waals surface area contributed by atoms with Gasteiger partial charge in [-0.1, -0.05) is 22.0 Å². The molecule has 0 fully saturated rings. The zero-order valence-corrected chi connectivity index (χ0v) is 13.0. The molecule has 2 aromatic rings. The maximum atomic E-state index is 12.4. The van der Waals surface area contributed by atoms with E-state index in [1.54, 1.807) is 18.3 Å². The van der Waals surface area contributed by atoms with Gasteiger partial charge in [0.05, 0.1) is 5.69 Å². The Morgan fingerprint density at radius 2 is 2.10 bits per heavy atom. The van der Waals surface area contributed by atoms with Crippen molar-refractivity contribution in [2.24, 2.45) is 0 Å². The van der Waals surface area contributed by atoms with E-state index in [0.29, 0.717) is 12.1 Å². The standard InChI is InChI=1S/C15H15BrF2N2O/c1-10(13-4-2-3-7-19-13)20-9-11-8-12(16)5-6-14(11)21-15(17)18/h2-8,10,15,20H,9H2,1H3/t10-/m0/s1. The first-order valence-corrected chi connectivity index (χ1v) is 7.23. The van der Waals surface area contributed by atoms with Gasteiger partial charge in [-0.3, -0.25) is 4.98 Å². The highest BCUT2D eigenvalue weighted by Gasteiger charge is 2.12. The molecule has 1 heterocycles. The third-order valence-corrected chi connectivity index (χ3v) is 3.46. The van der Waals surface area contributed by atoms with Gasteiger partial charge in [0.15, 0.2) is 0 Å². The average Bonchev–Trinajstić information content (AvgIpc) is 2.47. The lowest BCUT2D eigenvalue weighted by molar-refractivity contribution is -0.0505. The minimum atomic E-state index is -2.84. The number of hydrogen-bond donors (Lipinski definition) is 1. The molecule has 0 aliphatic heterocycles. The van der Waals surface area contributed by atoms with Gasteiger partial charge in [-0.15, -0.1) is 0 Å². The first-order chi connectivity index (χ1) is 10.1. The Bertz CT molecular complexity index is 581. The maximum Gasteiger partial charge on any atom is 0.387 e. The molecule has 1 aromatic heterocycles. The number of halogens is 3. The third kappa shape index (κ3) is 4.75. The monoisotopic (exact) mass is 356 g/mol. The maximum absolute atomic E-state index is 12.4. The Labute approximate surface area is 130 Å². The Morgan fingerprint density at radius 3 is 2.76 bits per heavy atom. The Balaban J connectivity index is 2.07. The molecule has 3 nitrogen and oxygen atoms in total. The molecule has 0 amide bonds. The van der Waals surface area contributed by atoms with Crippen molar-refractivity contribution in [3.05, 3.63) is 58.3 Å². The Morgan fingerprint density at radius 1 is 1.29 bits per heavy atom. The van der Waals surface area contributed by atoms with Gasteiger partial charge in [0.2, 0.25) is 0 Å². The molecule has 0 saturated heterocycles. The summed E-state index contributed by atoms with van der Waals surface area (Å²) in [5.74, 6) is 0.175. The van der Waals surface area contributed by atoms with Gasteiger partial charge in [-0.2, -0.15) is 8.78 Å². The lowest BCUT2D eigenvalue weighted by atomic mass is 10.1. The van der Waals surface area contributed by atoms with E-state index in [2.05, 4.69) is 31.0 Å². The van der Waals surface area contributed by atoms with Crippen molar-refractivity contribution in [2.75, 3.05) is 0 Å². The van der Waals surface area contributed by atoms with Crippen LogP contribution in [-0.2, 0) is 6.54 Å². The van der Waals surface area contributed by atoms with Crippen LogP contribution in [0.5, 0.6) is 5.75 Å². The lowest BCUT2D eigenvalue weighted by Crippen LogP contribution is -2.19. The van der Waals surface area contributed by atoms with Gasteiger partial charge in [-0.25, -0.2) is 0 Å². The van der Waals surface area contributed by atoms with Crippen LogP contribution in [0.4, 0.5) is 8.78 Å². The summed E-state index contributed by atoms with van der Waals surface area (Å²) in [4.78, 5) is 4.26. The van der Waals surface area contributed by atoms with Gasteiger partial charge in [0.25, 0.3) is 0 Å². The number of benzene rings is 1. The quantitative estimate of drug-likeness (QED) is 0.837. The fourth-order valence-corrected chi connectivity index (χ4v) is 2.31. The molecule has 0 spiro atoms. The summed E-state index contributed by atoms with van der Waals surface area (Å²) in [6.07, 6.45) is 1.72. The molecule has 1 aromatic carbocycles. The zero-order valence-electron chi connectivity index (χ0n) is 11.4. The minimum absolute atomic E-state index is 0.00424. The van der Waals surface area contributed by atoms with Crippen molar-refractivity contribution in [1.29, 1.82) is 0 Å². The molecule has 0 radical (unpaired) electrons. The number of aromatic nitrogens is 1. The SMILES string of the molecule is C[C@H](NCc1cc(Br)ccc1OC(F)F)c1ccccn1. The molecule has 0 aliphatic carbocycles. The van der Waals surface area contributed by atoms with Crippen LogP contribution < -0.4 is 10.1 Å². The summed E-state index contributed by atoms with van der Waals surface area (Å²) in [7, 11) is 0. The second-order valence-corrected chi connectivity index (χ2v) is 5.40. The topological polar surface area (TPSA) is 34.1 Å². The van der Waals surface area contributed by atoms with E-state index in [1.807, 2.05) is 25.1 Å². The van der Waals surface area contributed by atoms with Crippen molar-refractivity contribution in [3.8, 4) is 5.75 Å². The molecule has 1 N–H and O–H groups in total. The minimum Gasteiger partial charge on any atom is -0.434 e. The number of ether oxygens (including phenoxy) is 1. The molecule has 112 valence electrons. The number of pyridine rings is 1. The first-order valence-electron chi connectivity index (χ1n) is 6.44. The highest BCUT2D eigenvalue weighted by Crippen LogP contribution is 2.25. The van der Waals surface area contributed by atoms with Crippen LogP contribution in [0.1, 0.15) is 24.2 Å². The smallest absolute Gasteiger partial charge is 0.387 e. The van der Waals surface area contributed by atoms with Crippen molar-refractivity contribution >= 4 is 15.9 Å². The molecule has 6 heteroatoms. The molecule has 0 unspecified atom stereocenters. The Hall–Kier alpha value is -1.53. The van der Waals surface area contributed by atoms with Gasteiger partial charge in [-0.05, 0) is 37.3 Å². The van der Waals surface area contributed by atoms with Crippen LogP contribution in [0.3, 0.4) is 0 Å². The lowest BCUT2D eigenvalue weighted by Gasteiger charge is -2.16. The van der Waals surface area contributed by atoms with E-state index in [1.165, 1.54) is 6.07 Å². The Kier molecular flexibility index (Phi) is 5.64. The second kappa shape index (κ2) is 7.47. The summed E-state index contributed by atoms with van der Waals surface area (Å²) in [6.45, 7) is -0.467. The van der Waals surface area contributed by atoms with E-state index in [9.17, 15) is 8.78 Å². The van der Waals surface area contributed by atoms with Gasteiger partial charge in [0, 0.05) is 28.8 Å². The second-order valence-electron chi connectivity index (χ2n) is 4.49. The highest BCUT2D eigenvalue weighted by atomic mass is 79.9. The number of nitrogens with one attached hydrogen (secondary N) is 1. The fourth-order valence-electron chi connectivity index (χ4n) is 1.90. The molecule has 21 heavy (non-hydrogen) atoms. The van der Waals surface area contributed by atoms with Crippen molar-refractivity contribution < 1.29 is 13.5 Å². The summed E-state index contributed by atoms with van der Waals surface area (Å²) in [5.41, 5.74) is 1.55. The molecule has 1 atom stereocenters. The van der Waals surface area contributed by atoms with Crippen LogP contribution in [0.15, 0.2) is 47.1 Å². The van der Waals surface area contributed by atoms with Crippen molar-refractivity contribution in [3.63, 3.8) is 0 Å². The molecular weight excluding hydrogens is 342 g/mol. The number of hydrogen-bond acceptors (Lipinski definition) is 3. The van der Waals surface area contributed by atoms with Crippen molar-refractivity contribution in [1.82, 2.24) is 10.3 Å². The van der Waals surface area contributed by atoms with Crippen LogP contribution in [0.25, 0.3) is 0 Å². The van der Waals surface area contributed by atoms with Crippen LogP contribution in [0.2, 0.25) is 0 Å². The van der Waals surface area contributed by atoms with Crippen LogP contribution in [-0.4, -0.2) is 11.6 Å². The zero-order chi connectivity index (χ0) is 15.2. The number of nitrogens with zero attached hydrogens (tertiary/aromatic N) is 1. The van der Waals surface area contributed by atoms with E-state index < -0.39 is 6.61 Å². The molecule has 0 saturated carbocycles. The van der Waals surface area contributed by atoms with E-state index in [4.69, 9.17) is 0 Å². The van der Waals surface area contributed by atoms with Crippen LogP contribution >= 0.6 is 15.9 Å².